The van der Waals surface area contributed by atoms with Crippen LogP contribution >= 0.6 is 0 Å². The normalized spacial score (nSPS) is 24.1. The highest BCUT2D eigenvalue weighted by atomic mass is 19.1. The first kappa shape index (κ1) is 13.0. The molecule has 0 bridgehead atoms. The monoisotopic (exact) mass is 254 g/mol. The van der Waals surface area contributed by atoms with Gasteiger partial charge in [-0.15, -0.1) is 0 Å². The van der Waals surface area contributed by atoms with Gasteiger partial charge in [0.1, 0.15) is 11.6 Å². The Morgan fingerprint density at radius 2 is 1.94 bits per heavy atom. The van der Waals surface area contributed by atoms with Gasteiger partial charge in [-0.25, -0.2) is 8.78 Å². The molecule has 3 nitrogen and oxygen atoms in total. The highest BCUT2D eigenvalue weighted by Gasteiger charge is 2.28. The van der Waals surface area contributed by atoms with E-state index in [1.165, 1.54) is 0 Å². The zero-order chi connectivity index (χ0) is 13.3. The lowest BCUT2D eigenvalue weighted by molar-refractivity contribution is 0.0618. The molecule has 5 heteroatoms. The molecule has 0 saturated carbocycles. The number of halogens is 2. The fraction of sp³-hybridized carbons (Fsp3) is 0.462. The van der Waals surface area contributed by atoms with Crippen molar-refractivity contribution in [3.8, 4) is 0 Å². The van der Waals surface area contributed by atoms with E-state index in [1.807, 2.05) is 6.92 Å². The Kier molecular flexibility index (Phi) is 3.61. The Labute approximate surface area is 105 Å². The molecule has 1 fully saturated rings. The van der Waals surface area contributed by atoms with Gasteiger partial charge in [0, 0.05) is 30.3 Å². The van der Waals surface area contributed by atoms with Crippen LogP contribution in [-0.4, -0.2) is 29.4 Å². The number of nitrogens with two attached hydrogens (primary N) is 1. The second kappa shape index (κ2) is 5.02. The summed E-state index contributed by atoms with van der Waals surface area (Å²) >= 11 is 0. The Balaban J connectivity index is 2.20. The molecule has 2 rings (SSSR count). The van der Waals surface area contributed by atoms with Crippen LogP contribution < -0.4 is 5.73 Å². The average molecular weight is 254 g/mol. The molecular weight excluding hydrogens is 238 g/mol. The molecule has 0 radical (unpaired) electrons. The van der Waals surface area contributed by atoms with E-state index >= 15 is 0 Å². The van der Waals surface area contributed by atoms with Gasteiger partial charge in [0.05, 0.1) is 0 Å². The summed E-state index contributed by atoms with van der Waals surface area (Å²) in [6.45, 7) is 2.42. The number of piperidine rings is 1. The van der Waals surface area contributed by atoms with Crippen molar-refractivity contribution in [2.45, 2.75) is 31.8 Å². The van der Waals surface area contributed by atoms with Crippen molar-refractivity contribution in [2.24, 2.45) is 5.73 Å². The minimum atomic E-state index is -0.736. The van der Waals surface area contributed by atoms with Crippen LogP contribution in [-0.2, 0) is 0 Å². The van der Waals surface area contributed by atoms with Gasteiger partial charge in [0.25, 0.3) is 5.91 Å². The molecule has 0 aliphatic carbocycles. The summed E-state index contributed by atoms with van der Waals surface area (Å²) in [4.78, 5) is 13.8. The van der Waals surface area contributed by atoms with E-state index in [0.717, 1.165) is 18.2 Å². The second-order valence-corrected chi connectivity index (χ2v) is 4.79. The molecule has 98 valence electrons. The van der Waals surface area contributed by atoms with Gasteiger partial charge in [-0.2, -0.15) is 0 Å². The molecule has 1 aliphatic heterocycles. The van der Waals surface area contributed by atoms with Crippen LogP contribution in [0.2, 0.25) is 0 Å². The number of nitrogens with zero attached hydrogens (tertiary/aromatic N) is 1. The minimum absolute atomic E-state index is 0.00687. The molecule has 1 aromatic rings. The first-order valence-electron chi connectivity index (χ1n) is 6.00. The third kappa shape index (κ3) is 2.67. The van der Waals surface area contributed by atoms with Crippen molar-refractivity contribution in [3.05, 3.63) is 35.4 Å². The topological polar surface area (TPSA) is 46.3 Å². The molecular formula is C13H16F2N2O. The maximum atomic E-state index is 13.1. The predicted molar refractivity (Wildman–Crippen MR) is 64.1 cm³/mol. The van der Waals surface area contributed by atoms with E-state index in [4.69, 9.17) is 5.73 Å². The van der Waals surface area contributed by atoms with Crippen LogP contribution in [0.15, 0.2) is 18.2 Å². The van der Waals surface area contributed by atoms with Gasteiger partial charge in [0.2, 0.25) is 0 Å². The molecule has 1 aliphatic rings. The van der Waals surface area contributed by atoms with Gasteiger partial charge in [-0.1, -0.05) is 0 Å². The Bertz CT molecular complexity index is 444. The molecule has 1 amide bonds. The fourth-order valence-electron chi connectivity index (χ4n) is 2.35. The largest absolute Gasteiger partial charge is 0.336 e. The Hall–Kier alpha value is -1.49. The predicted octanol–water partition coefficient (Wildman–Crippen LogP) is 1.92. The molecule has 2 N–H and O–H groups in total. The molecule has 18 heavy (non-hydrogen) atoms. The third-order valence-corrected chi connectivity index (χ3v) is 3.29. The Morgan fingerprint density at radius 1 is 1.33 bits per heavy atom. The van der Waals surface area contributed by atoms with E-state index in [-0.39, 0.29) is 23.6 Å². The third-order valence-electron chi connectivity index (χ3n) is 3.29. The first-order valence-corrected chi connectivity index (χ1v) is 6.00. The number of likely N-dealkylation sites (tertiary alicyclic amines) is 1. The van der Waals surface area contributed by atoms with Gasteiger partial charge >= 0.3 is 0 Å². The highest BCUT2D eigenvalue weighted by molar-refractivity contribution is 5.94. The van der Waals surface area contributed by atoms with Crippen LogP contribution in [0.25, 0.3) is 0 Å². The lowest BCUT2D eigenvalue weighted by Crippen LogP contribution is -2.48. The number of hydrogen-bond acceptors (Lipinski definition) is 2. The van der Waals surface area contributed by atoms with Crippen molar-refractivity contribution < 1.29 is 13.6 Å². The standard InChI is InChI=1S/C13H16F2N2O/c1-8-4-12(16)2-3-17(8)13(18)9-5-10(14)7-11(15)6-9/h5-8,12H,2-4,16H2,1H3. The van der Waals surface area contributed by atoms with Gasteiger partial charge in [-0.05, 0) is 31.9 Å². The van der Waals surface area contributed by atoms with Crippen LogP contribution in [0.1, 0.15) is 30.1 Å². The maximum Gasteiger partial charge on any atom is 0.254 e. The summed E-state index contributed by atoms with van der Waals surface area (Å²) < 4.78 is 26.2. The van der Waals surface area contributed by atoms with Crippen LogP contribution in [0.4, 0.5) is 8.78 Å². The summed E-state index contributed by atoms with van der Waals surface area (Å²) in [5.41, 5.74) is 5.87. The van der Waals surface area contributed by atoms with Crippen LogP contribution in [0.3, 0.4) is 0 Å². The number of hydrogen-bond donors (Lipinski definition) is 1. The van der Waals surface area contributed by atoms with Crippen molar-refractivity contribution in [1.82, 2.24) is 4.90 Å². The van der Waals surface area contributed by atoms with Crippen molar-refractivity contribution >= 4 is 5.91 Å². The van der Waals surface area contributed by atoms with Crippen LogP contribution in [0.5, 0.6) is 0 Å². The number of carbonyl (C=O) groups is 1. The summed E-state index contributed by atoms with van der Waals surface area (Å²) in [6.07, 6.45) is 1.43. The number of rotatable bonds is 1. The molecule has 2 unspecified atom stereocenters. The summed E-state index contributed by atoms with van der Waals surface area (Å²) in [6, 6.07) is 2.96. The van der Waals surface area contributed by atoms with E-state index in [0.29, 0.717) is 19.4 Å². The second-order valence-electron chi connectivity index (χ2n) is 4.79. The summed E-state index contributed by atoms with van der Waals surface area (Å²) in [5, 5.41) is 0. The van der Waals surface area contributed by atoms with Crippen molar-refractivity contribution in [3.63, 3.8) is 0 Å². The van der Waals surface area contributed by atoms with Gasteiger partial charge < -0.3 is 10.6 Å². The smallest absolute Gasteiger partial charge is 0.254 e. The van der Waals surface area contributed by atoms with Crippen molar-refractivity contribution in [1.29, 1.82) is 0 Å². The summed E-state index contributed by atoms with van der Waals surface area (Å²) in [7, 11) is 0. The number of amides is 1. The summed E-state index contributed by atoms with van der Waals surface area (Å²) in [5.74, 6) is -1.81. The van der Waals surface area contributed by atoms with Crippen molar-refractivity contribution in [2.75, 3.05) is 6.54 Å². The molecule has 0 aromatic heterocycles. The van der Waals surface area contributed by atoms with E-state index < -0.39 is 11.6 Å². The van der Waals surface area contributed by atoms with Gasteiger partial charge in [-0.3, -0.25) is 4.79 Å². The zero-order valence-corrected chi connectivity index (χ0v) is 10.2. The average Bonchev–Trinajstić information content (AvgIpc) is 2.26. The van der Waals surface area contributed by atoms with Crippen LogP contribution in [0, 0.1) is 11.6 Å². The molecule has 0 spiro atoms. The van der Waals surface area contributed by atoms with E-state index in [2.05, 4.69) is 0 Å². The maximum absolute atomic E-state index is 13.1. The fourth-order valence-corrected chi connectivity index (χ4v) is 2.35. The molecule has 2 atom stereocenters. The van der Waals surface area contributed by atoms with Gasteiger partial charge in [0.15, 0.2) is 0 Å². The van der Waals surface area contributed by atoms with E-state index in [1.54, 1.807) is 4.90 Å². The molecule has 1 saturated heterocycles. The first-order chi connectivity index (χ1) is 8.47. The lowest BCUT2D eigenvalue weighted by atomic mass is 9.98. The molecule has 1 aromatic carbocycles. The Morgan fingerprint density at radius 3 is 2.50 bits per heavy atom. The lowest BCUT2D eigenvalue weighted by Gasteiger charge is -2.36. The zero-order valence-electron chi connectivity index (χ0n) is 10.2. The minimum Gasteiger partial charge on any atom is -0.336 e. The quantitative estimate of drug-likeness (QED) is 0.832. The SMILES string of the molecule is CC1CC(N)CCN1C(=O)c1cc(F)cc(F)c1. The molecule has 1 heterocycles. The highest BCUT2D eigenvalue weighted by Crippen LogP contribution is 2.19. The van der Waals surface area contributed by atoms with E-state index in [9.17, 15) is 13.6 Å². The number of carbonyl (C=O) groups excluding carboxylic acids is 1. The number of benzene rings is 1.